The molecule has 2 heterocycles. The van der Waals surface area contributed by atoms with Gasteiger partial charge in [0.05, 0.1) is 25.8 Å². The number of aromatic nitrogens is 1. The smallest absolute Gasteiger partial charge is 0.213 e. The summed E-state index contributed by atoms with van der Waals surface area (Å²) in [6, 6.07) is 12.0. The number of guanidine groups is 1. The highest BCUT2D eigenvalue weighted by Crippen LogP contribution is 2.31. The maximum absolute atomic E-state index is 6.08. The van der Waals surface area contributed by atoms with Crippen molar-refractivity contribution < 1.29 is 9.47 Å². The Bertz CT molecular complexity index is 772. The molecule has 0 spiro atoms. The Morgan fingerprint density at radius 3 is 2.92 bits per heavy atom. The van der Waals surface area contributed by atoms with E-state index in [-0.39, 0.29) is 6.04 Å². The van der Waals surface area contributed by atoms with E-state index < -0.39 is 0 Å². The second kappa shape index (κ2) is 7.64. The number of nitrogens with one attached hydrogen (secondary N) is 1. The lowest BCUT2D eigenvalue weighted by atomic mass is 10.0. The summed E-state index contributed by atoms with van der Waals surface area (Å²) in [6.45, 7) is 1.93. The molecule has 26 heavy (non-hydrogen) atoms. The Balaban J connectivity index is 1.32. The van der Waals surface area contributed by atoms with Crippen molar-refractivity contribution in [2.75, 3.05) is 13.2 Å². The van der Waals surface area contributed by atoms with Gasteiger partial charge in [-0.05, 0) is 30.4 Å². The highest BCUT2D eigenvalue weighted by molar-refractivity contribution is 5.78. The Morgan fingerprint density at radius 1 is 1.23 bits per heavy atom. The van der Waals surface area contributed by atoms with Gasteiger partial charge in [0, 0.05) is 24.2 Å². The number of ether oxygens (including phenoxy) is 2. The number of hydrogen-bond acceptors (Lipinski definition) is 4. The van der Waals surface area contributed by atoms with Crippen LogP contribution in [0.5, 0.6) is 11.6 Å². The van der Waals surface area contributed by atoms with E-state index in [1.54, 1.807) is 6.20 Å². The molecule has 1 aromatic carbocycles. The zero-order valence-electron chi connectivity index (χ0n) is 14.7. The van der Waals surface area contributed by atoms with Gasteiger partial charge in [-0.25, -0.2) is 9.98 Å². The molecule has 4 rings (SSSR count). The van der Waals surface area contributed by atoms with Gasteiger partial charge in [0.2, 0.25) is 5.88 Å². The summed E-state index contributed by atoms with van der Waals surface area (Å²) in [4.78, 5) is 8.77. The molecule has 1 atom stereocenters. The summed E-state index contributed by atoms with van der Waals surface area (Å²) in [6.07, 6.45) is 5.21. The molecule has 3 N–H and O–H groups in total. The van der Waals surface area contributed by atoms with Crippen LogP contribution in [0, 0.1) is 5.92 Å². The normalized spacial score (nSPS) is 19.4. The molecule has 136 valence electrons. The molecule has 1 fully saturated rings. The minimum atomic E-state index is 0.125. The zero-order valence-corrected chi connectivity index (χ0v) is 14.7. The van der Waals surface area contributed by atoms with Crippen molar-refractivity contribution in [2.24, 2.45) is 16.6 Å². The van der Waals surface area contributed by atoms with Gasteiger partial charge >= 0.3 is 0 Å². The van der Waals surface area contributed by atoms with Crippen LogP contribution < -0.4 is 20.5 Å². The lowest BCUT2D eigenvalue weighted by molar-refractivity contribution is 0.262. The van der Waals surface area contributed by atoms with Gasteiger partial charge < -0.3 is 20.5 Å². The fourth-order valence-corrected chi connectivity index (χ4v) is 2.97. The minimum absolute atomic E-state index is 0.125. The highest BCUT2D eigenvalue weighted by atomic mass is 16.5. The van der Waals surface area contributed by atoms with Gasteiger partial charge in [-0.15, -0.1) is 0 Å². The van der Waals surface area contributed by atoms with Crippen LogP contribution in [0.3, 0.4) is 0 Å². The maximum Gasteiger partial charge on any atom is 0.213 e. The first-order valence-corrected chi connectivity index (χ1v) is 9.14. The lowest BCUT2D eigenvalue weighted by Crippen LogP contribution is -2.37. The fourth-order valence-electron chi connectivity index (χ4n) is 2.97. The highest BCUT2D eigenvalue weighted by Gasteiger charge is 2.22. The van der Waals surface area contributed by atoms with E-state index in [2.05, 4.69) is 21.4 Å². The Hall–Kier alpha value is -2.76. The molecule has 2 aromatic rings. The molecular weight excluding hydrogens is 328 g/mol. The predicted octanol–water partition coefficient (Wildman–Crippen LogP) is 2.80. The van der Waals surface area contributed by atoms with Crippen LogP contribution >= 0.6 is 0 Å². The molecule has 0 radical (unpaired) electrons. The molecule has 0 amide bonds. The van der Waals surface area contributed by atoms with E-state index in [1.807, 2.05) is 30.3 Å². The second-order valence-electron chi connectivity index (χ2n) is 6.83. The third kappa shape index (κ3) is 4.25. The number of hydrogen-bond donors (Lipinski definition) is 2. The third-order valence-corrected chi connectivity index (χ3v) is 4.67. The molecule has 1 saturated carbocycles. The van der Waals surface area contributed by atoms with E-state index in [0.29, 0.717) is 25.0 Å². The van der Waals surface area contributed by atoms with Gasteiger partial charge in [-0.3, -0.25) is 0 Å². The maximum atomic E-state index is 6.08. The molecular formula is C20H24N4O2. The zero-order chi connectivity index (χ0) is 17.8. The van der Waals surface area contributed by atoms with Crippen molar-refractivity contribution in [1.82, 2.24) is 10.3 Å². The Morgan fingerprint density at radius 2 is 2.12 bits per heavy atom. The predicted molar refractivity (Wildman–Crippen MR) is 100 cm³/mol. The average Bonchev–Trinajstić information content (AvgIpc) is 3.50. The number of nitrogens with two attached hydrogens (primary N) is 1. The third-order valence-electron chi connectivity index (χ3n) is 4.67. The Kier molecular flexibility index (Phi) is 4.91. The first-order valence-electron chi connectivity index (χ1n) is 9.14. The molecule has 1 aliphatic heterocycles. The van der Waals surface area contributed by atoms with Crippen LogP contribution in [0.15, 0.2) is 47.6 Å². The molecule has 6 nitrogen and oxygen atoms in total. The van der Waals surface area contributed by atoms with Crippen LogP contribution in [-0.4, -0.2) is 24.2 Å². The van der Waals surface area contributed by atoms with E-state index in [9.17, 15) is 0 Å². The van der Waals surface area contributed by atoms with E-state index >= 15 is 0 Å². The van der Waals surface area contributed by atoms with Gasteiger partial charge in [-0.1, -0.05) is 24.3 Å². The SMILES string of the molecule is NC(=NCc1ccc(OCC2CC2)nc1)NC1CCOc2ccccc21. The van der Waals surface area contributed by atoms with E-state index in [0.717, 1.165) is 35.8 Å². The van der Waals surface area contributed by atoms with Gasteiger partial charge in [0.1, 0.15) is 5.75 Å². The number of aliphatic imine (C=N–C) groups is 1. The number of para-hydroxylation sites is 1. The molecule has 1 unspecified atom stereocenters. The molecule has 1 aliphatic carbocycles. The topological polar surface area (TPSA) is 81.8 Å². The first kappa shape index (κ1) is 16.7. The van der Waals surface area contributed by atoms with Crippen molar-refractivity contribution in [2.45, 2.75) is 31.8 Å². The van der Waals surface area contributed by atoms with Gasteiger partial charge in [0.25, 0.3) is 0 Å². The number of benzene rings is 1. The monoisotopic (exact) mass is 352 g/mol. The summed E-state index contributed by atoms with van der Waals surface area (Å²) in [7, 11) is 0. The fraction of sp³-hybridized carbons (Fsp3) is 0.400. The minimum Gasteiger partial charge on any atom is -0.493 e. The quantitative estimate of drug-likeness (QED) is 0.617. The molecule has 0 saturated heterocycles. The van der Waals surface area contributed by atoms with Gasteiger partial charge in [0.15, 0.2) is 5.96 Å². The Labute approximate surface area is 153 Å². The first-order chi connectivity index (χ1) is 12.8. The molecule has 6 heteroatoms. The van der Waals surface area contributed by atoms with Crippen molar-refractivity contribution >= 4 is 5.96 Å². The van der Waals surface area contributed by atoms with Crippen LogP contribution in [-0.2, 0) is 6.54 Å². The molecule has 2 aliphatic rings. The van der Waals surface area contributed by atoms with Gasteiger partial charge in [-0.2, -0.15) is 0 Å². The molecule has 1 aromatic heterocycles. The van der Waals surface area contributed by atoms with Crippen LogP contribution in [0.2, 0.25) is 0 Å². The van der Waals surface area contributed by atoms with E-state index in [4.69, 9.17) is 15.2 Å². The van der Waals surface area contributed by atoms with E-state index in [1.165, 1.54) is 12.8 Å². The standard InChI is InChI=1S/C20H24N4O2/c21-20(24-17-9-10-25-18-4-2-1-3-16(17)18)23-12-15-7-8-19(22-11-15)26-13-14-5-6-14/h1-4,7-8,11,14,17H,5-6,9-10,12-13H2,(H3,21,23,24). The average molecular weight is 352 g/mol. The van der Waals surface area contributed by atoms with Crippen molar-refractivity contribution in [3.05, 3.63) is 53.7 Å². The largest absolute Gasteiger partial charge is 0.493 e. The number of rotatable bonds is 6. The van der Waals surface area contributed by atoms with Crippen molar-refractivity contribution in [3.8, 4) is 11.6 Å². The second-order valence-corrected chi connectivity index (χ2v) is 6.83. The summed E-state index contributed by atoms with van der Waals surface area (Å²) in [5, 5.41) is 3.30. The number of fused-ring (bicyclic) bond motifs is 1. The summed E-state index contributed by atoms with van der Waals surface area (Å²) in [5.41, 5.74) is 8.20. The summed E-state index contributed by atoms with van der Waals surface area (Å²) < 4.78 is 11.3. The lowest BCUT2D eigenvalue weighted by Gasteiger charge is -2.26. The van der Waals surface area contributed by atoms with Crippen molar-refractivity contribution in [1.29, 1.82) is 0 Å². The summed E-state index contributed by atoms with van der Waals surface area (Å²) >= 11 is 0. The van der Waals surface area contributed by atoms with Crippen LogP contribution in [0.4, 0.5) is 0 Å². The number of nitrogens with zero attached hydrogens (tertiary/aromatic N) is 2. The van der Waals surface area contributed by atoms with Crippen LogP contribution in [0.1, 0.15) is 36.4 Å². The summed E-state index contributed by atoms with van der Waals surface area (Å²) in [5.74, 6) is 2.74. The van der Waals surface area contributed by atoms with Crippen molar-refractivity contribution in [3.63, 3.8) is 0 Å². The number of pyridine rings is 1. The molecule has 0 bridgehead atoms. The van der Waals surface area contributed by atoms with Crippen LogP contribution in [0.25, 0.3) is 0 Å².